The second-order valence-electron chi connectivity index (χ2n) is 7.98. The third-order valence-corrected chi connectivity index (χ3v) is 7.16. The molecule has 4 rings (SSSR count). The van der Waals surface area contributed by atoms with Crippen molar-refractivity contribution in [3.05, 3.63) is 72.3 Å². The number of non-ortho nitro benzene ring substituents is 1. The number of carbonyl (C=O) groups excluding carboxylic acids is 1. The molecular formula is C23H21Br2N3O4S. The second-order valence-corrected chi connectivity index (χ2v) is 10.1. The van der Waals surface area contributed by atoms with Crippen molar-refractivity contribution in [1.29, 1.82) is 0 Å². The number of thiocarbonyl (C=S) groups is 1. The summed E-state index contributed by atoms with van der Waals surface area (Å²) in [5.41, 5.74) is 1.95. The quantitative estimate of drug-likeness (QED) is 0.189. The molecule has 0 aromatic heterocycles. The Bertz CT molecular complexity index is 1130. The van der Waals surface area contributed by atoms with Crippen molar-refractivity contribution < 1.29 is 14.5 Å². The minimum absolute atomic E-state index is 0.0186. The van der Waals surface area contributed by atoms with Crippen LogP contribution in [0.4, 0.5) is 5.69 Å². The van der Waals surface area contributed by atoms with Crippen LogP contribution in [-0.4, -0.2) is 26.9 Å². The van der Waals surface area contributed by atoms with Gasteiger partial charge in [0.05, 0.1) is 13.9 Å². The van der Waals surface area contributed by atoms with E-state index >= 15 is 0 Å². The van der Waals surface area contributed by atoms with Crippen LogP contribution in [0.5, 0.6) is 5.75 Å². The van der Waals surface area contributed by atoms with Crippen molar-refractivity contribution in [1.82, 2.24) is 10.2 Å². The molecule has 1 saturated carbocycles. The molecule has 33 heavy (non-hydrogen) atoms. The molecule has 0 bridgehead atoms. The SMILES string of the molecule is O=C1/C(=C/c2cc(Br)c(OCc3cccc([N+](=O)[O-])c3)c(Br)c2)NC(=S)N1C1CCCCC1. The predicted octanol–water partition coefficient (Wildman–Crippen LogP) is 6.09. The molecule has 2 aliphatic rings. The molecule has 7 nitrogen and oxygen atoms in total. The van der Waals surface area contributed by atoms with Crippen molar-refractivity contribution in [2.75, 3.05) is 0 Å². The molecule has 0 radical (unpaired) electrons. The summed E-state index contributed by atoms with van der Waals surface area (Å²) in [6.45, 7) is 0.171. The molecular weight excluding hydrogens is 574 g/mol. The predicted molar refractivity (Wildman–Crippen MR) is 137 cm³/mol. The number of nitro benzene ring substituents is 1. The lowest BCUT2D eigenvalue weighted by Gasteiger charge is -2.29. The molecule has 10 heteroatoms. The standard InChI is InChI=1S/C23H21Br2N3O4S/c24-18-10-15(12-20-22(29)27(23(33)26-20)16-6-2-1-3-7-16)11-19(25)21(18)32-13-14-5-4-8-17(9-14)28(30)31/h4-5,8-12,16H,1-3,6-7,13H2,(H,26,33)/b20-12-. The van der Waals surface area contributed by atoms with Crippen LogP contribution < -0.4 is 10.1 Å². The summed E-state index contributed by atoms with van der Waals surface area (Å²) in [4.78, 5) is 25.3. The summed E-state index contributed by atoms with van der Waals surface area (Å²) in [5, 5.41) is 14.5. The third kappa shape index (κ3) is 5.44. The van der Waals surface area contributed by atoms with Gasteiger partial charge in [-0.15, -0.1) is 0 Å². The Morgan fingerprint density at radius 1 is 1.18 bits per heavy atom. The minimum atomic E-state index is -0.433. The summed E-state index contributed by atoms with van der Waals surface area (Å²) in [7, 11) is 0. The van der Waals surface area contributed by atoms with Crippen molar-refractivity contribution in [3.63, 3.8) is 0 Å². The molecule has 1 saturated heterocycles. The summed E-state index contributed by atoms with van der Waals surface area (Å²) < 4.78 is 7.27. The topological polar surface area (TPSA) is 84.7 Å². The highest BCUT2D eigenvalue weighted by atomic mass is 79.9. The maximum absolute atomic E-state index is 13.0. The number of ether oxygens (including phenoxy) is 1. The van der Waals surface area contributed by atoms with Gasteiger partial charge < -0.3 is 10.1 Å². The average Bonchev–Trinajstić information content (AvgIpc) is 3.06. The van der Waals surface area contributed by atoms with E-state index in [-0.39, 0.29) is 24.2 Å². The van der Waals surface area contributed by atoms with Crippen LogP contribution in [-0.2, 0) is 11.4 Å². The van der Waals surface area contributed by atoms with E-state index in [0.717, 1.165) is 31.2 Å². The zero-order valence-electron chi connectivity index (χ0n) is 17.6. The number of carbonyl (C=O) groups is 1. The second kappa shape index (κ2) is 10.3. The maximum atomic E-state index is 13.0. The van der Waals surface area contributed by atoms with Gasteiger partial charge in [0, 0.05) is 18.2 Å². The molecule has 1 aliphatic heterocycles. The lowest BCUT2D eigenvalue weighted by atomic mass is 9.94. The number of nitrogens with zero attached hydrogens (tertiary/aromatic N) is 2. The normalized spacial score (nSPS) is 18.0. The van der Waals surface area contributed by atoms with Gasteiger partial charge in [0.1, 0.15) is 18.1 Å². The smallest absolute Gasteiger partial charge is 0.276 e. The van der Waals surface area contributed by atoms with E-state index in [1.165, 1.54) is 18.6 Å². The van der Waals surface area contributed by atoms with Crippen LogP contribution in [0.3, 0.4) is 0 Å². The molecule has 0 spiro atoms. The molecule has 2 aromatic rings. The Morgan fingerprint density at radius 2 is 1.88 bits per heavy atom. The van der Waals surface area contributed by atoms with Gasteiger partial charge in [-0.05, 0) is 86.3 Å². The number of nitro groups is 1. The third-order valence-electron chi connectivity index (χ3n) is 5.69. The van der Waals surface area contributed by atoms with Gasteiger partial charge in [0.15, 0.2) is 5.11 Å². The zero-order chi connectivity index (χ0) is 23.5. The minimum Gasteiger partial charge on any atom is -0.487 e. The van der Waals surface area contributed by atoms with Gasteiger partial charge in [-0.1, -0.05) is 31.4 Å². The van der Waals surface area contributed by atoms with E-state index in [4.69, 9.17) is 17.0 Å². The first-order chi connectivity index (χ1) is 15.8. The largest absolute Gasteiger partial charge is 0.487 e. The number of amides is 1. The van der Waals surface area contributed by atoms with Gasteiger partial charge in [-0.2, -0.15) is 0 Å². The molecule has 1 amide bonds. The Morgan fingerprint density at radius 3 is 2.55 bits per heavy atom. The fourth-order valence-corrected chi connectivity index (χ4v) is 5.90. The highest BCUT2D eigenvalue weighted by Crippen LogP contribution is 2.36. The average molecular weight is 595 g/mol. The van der Waals surface area contributed by atoms with Crippen LogP contribution >= 0.6 is 44.1 Å². The van der Waals surface area contributed by atoms with Gasteiger partial charge in [0.25, 0.3) is 11.6 Å². The molecule has 0 unspecified atom stereocenters. The number of hydrogen-bond donors (Lipinski definition) is 1. The summed E-state index contributed by atoms with van der Waals surface area (Å²) in [5.74, 6) is 0.471. The molecule has 2 fully saturated rings. The fraction of sp³-hybridized carbons (Fsp3) is 0.304. The maximum Gasteiger partial charge on any atom is 0.276 e. The van der Waals surface area contributed by atoms with E-state index in [1.807, 2.05) is 12.1 Å². The number of nitrogens with one attached hydrogen (secondary N) is 1. The first-order valence-corrected chi connectivity index (χ1v) is 12.5. The lowest BCUT2D eigenvalue weighted by molar-refractivity contribution is -0.384. The number of hydrogen-bond acceptors (Lipinski definition) is 5. The molecule has 172 valence electrons. The van der Waals surface area contributed by atoms with Crippen LogP contribution in [0, 0.1) is 10.1 Å². The summed E-state index contributed by atoms with van der Waals surface area (Å²) >= 11 is 12.5. The summed E-state index contributed by atoms with van der Waals surface area (Å²) in [6, 6.07) is 10.2. The Hall–Kier alpha value is -2.30. The van der Waals surface area contributed by atoms with E-state index in [1.54, 1.807) is 23.1 Å². The highest BCUT2D eigenvalue weighted by molar-refractivity contribution is 9.11. The highest BCUT2D eigenvalue weighted by Gasteiger charge is 2.36. The van der Waals surface area contributed by atoms with Gasteiger partial charge >= 0.3 is 0 Å². The zero-order valence-corrected chi connectivity index (χ0v) is 21.5. The molecule has 1 N–H and O–H groups in total. The first-order valence-electron chi connectivity index (χ1n) is 10.5. The van der Waals surface area contributed by atoms with E-state index in [2.05, 4.69) is 37.2 Å². The van der Waals surface area contributed by atoms with Gasteiger partial charge in [0.2, 0.25) is 0 Å². The fourth-order valence-electron chi connectivity index (χ4n) is 4.10. The Kier molecular flexibility index (Phi) is 7.45. The molecule has 2 aromatic carbocycles. The van der Waals surface area contributed by atoms with Crippen LogP contribution in [0.15, 0.2) is 51.0 Å². The summed E-state index contributed by atoms with van der Waals surface area (Å²) in [6.07, 6.45) is 7.18. The van der Waals surface area contributed by atoms with Crippen molar-refractivity contribution in [3.8, 4) is 5.75 Å². The Labute approximate surface area is 213 Å². The molecule has 1 aliphatic carbocycles. The van der Waals surface area contributed by atoms with E-state index in [9.17, 15) is 14.9 Å². The number of benzene rings is 2. The van der Waals surface area contributed by atoms with Crippen molar-refractivity contribution in [2.24, 2.45) is 0 Å². The van der Waals surface area contributed by atoms with E-state index < -0.39 is 4.92 Å². The first kappa shape index (κ1) is 23.8. The van der Waals surface area contributed by atoms with Gasteiger partial charge in [-0.25, -0.2) is 0 Å². The van der Waals surface area contributed by atoms with Gasteiger partial charge in [-0.3, -0.25) is 19.8 Å². The molecule has 0 atom stereocenters. The monoisotopic (exact) mass is 593 g/mol. The van der Waals surface area contributed by atoms with Crippen LogP contribution in [0.25, 0.3) is 6.08 Å². The van der Waals surface area contributed by atoms with Crippen molar-refractivity contribution in [2.45, 2.75) is 44.8 Å². The number of rotatable bonds is 6. The molecule has 1 heterocycles. The van der Waals surface area contributed by atoms with E-state index in [0.29, 0.717) is 31.1 Å². The van der Waals surface area contributed by atoms with Crippen LogP contribution in [0.1, 0.15) is 43.2 Å². The van der Waals surface area contributed by atoms with Crippen molar-refractivity contribution >= 4 is 66.9 Å². The Balaban J connectivity index is 1.49. The lowest BCUT2D eigenvalue weighted by Crippen LogP contribution is -2.41. The number of halogens is 2. The van der Waals surface area contributed by atoms with Crippen LogP contribution in [0.2, 0.25) is 0 Å².